The maximum atomic E-state index is 13.0. The Balaban J connectivity index is 1.38. The molecule has 0 spiro atoms. The third kappa shape index (κ3) is 5.31. The topological polar surface area (TPSA) is 108 Å². The molecule has 0 atom stereocenters. The second kappa shape index (κ2) is 9.78. The number of anilines is 1. The van der Waals surface area contributed by atoms with Crippen LogP contribution in [0.2, 0.25) is 0 Å². The van der Waals surface area contributed by atoms with E-state index >= 15 is 0 Å². The lowest BCUT2D eigenvalue weighted by atomic mass is 10.1. The van der Waals surface area contributed by atoms with Gasteiger partial charge in [0, 0.05) is 43.5 Å². The predicted octanol–water partition coefficient (Wildman–Crippen LogP) is 3.00. The highest BCUT2D eigenvalue weighted by molar-refractivity contribution is 5.94. The maximum Gasteiger partial charge on any atom is 0.404 e. The number of aromatic nitrogens is 2. The van der Waals surface area contributed by atoms with Crippen LogP contribution in [0, 0.1) is 0 Å². The Bertz CT molecular complexity index is 1080. The zero-order valence-corrected chi connectivity index (χ0v) is 17.3. The van der Waals surface area contributed by atoms with E-state index in [1.165, 1.54) is 6.33 Å². The van der Waals surface area contributed by atoms with Crippen molar-refractivity contribution in [1.82, 2.24) is 20.2 Å². The molecule has 2 N–H and O–H groups in total. The van der Waals surface area contributed by atoms with Crippen LogP contribution in [-0.4, -0.2) is 58.2 Å². The summed E-state index contributed by atoms with van der Waals surface area (Å²) in [7, 11) is 0. The normalized spacial score (nSPS) is 13.5. The maximum absolute atomic E-state index is 13.0. The van der Waals surface area contributed by atoms with Crippen LogP contribution in [0.15, 0.2) is 67.0 Å². The van der Waals surface area contributed by atoms with Crippen molar-refractivity contribution in [2.75, 3.05) is 31.1 Å². The molecule has 2 heterocycles. The Labute approximate surface area is 185 Å². The summed E-state index contributed by atoms with van der Waals surface area (Å²) in [6, 6.07) is 18.7. The summed E-state index contributed by atoms with van der Waals surface area (Å²) in [5.74, 6) is 0.690. The highest BCUT2D eigenvalue weighted by Gasteiger charge is 2.22. The third-order valence-corrected chi connectivity index (χ3v) is 5.11. The van der Waals surface area contributed by atoms with Gasteiger partial charge in [-0.2, -0.15) is 0 Å². The number of rotatable bonds is 6. The fourth-order valence-corrected chi connectivity index (χ4v) is 3.50. The van der Waals surface area contributed by atoms with Gasteiger partial charge >= 0.3 is 6.09 Å². The Morgan fingerprint density at radius 3 is 2.50 bits per heavy atom. The number of hydrogen-bond acceptors (Lipinski definition) is 6. The van der Waals surface area contributed by atoms with E-state index in [-0.39, 0.29) is 18.3 Å². The van der Waals surface area contributed by atoms with Gasteiger partial charge in [0.1, 0.15) is 12.1 Å². The second-order valence-corrected chi connectivity index (χ2v) is 7.25. The van der Waals surface area contributed by atoms with Crippen LogP contribution < -0.4 is 15.0 Å². The van der Waals surface area contributed by atoms with Gasteiger partial charge in [0.2, 0.25) is 5.88 Å². The van der Waals surface area contributed by atoms with E-state index in [0.717, 1.165) is 18.8 Å². The van der Waals surface area contributed by atoms with Gasteiger partial charge in [-0.1, -0.05) is 24.3 Å². The first-order valence-electron chi connectivity index (χ1n) is 10.2. The minimum atomic E-state index is -1.14. The van der Waals surface area contributed by atoms with Gasteiger partial charge in [-0.3, -0.25) is 4.79 Å². The number of amides is 2. The molecule has 1 saturated heterocycles. The summed E-state index contributed by atoms with van der Waals surface area (Å²) in [6.45, 7) is 2.89. The number of carbonyl (C=O) groups is 2. The highest BCUT2D eigenvalue weighted by atomic mass is 16.5. The first-order valence-corrected chi connectivity index (χ1v) is 10.2. The molecule has 0 radical (unpaired) electrons. The van der Waals surface area contributed by atoms with Crippen molar-refractivity contribution < 1.29 is 19.4 Å². The van der Waals surface area contributed by atoms with Crippen molar-refractivity contribution in [2.45, 2.75) is 6.54 Å². The molecule has 0 unspecified atom stereocenters. The first-order chi connectivity index (χ1) is 15.6. The lowest BCUT2D eigenvalue weighted by Crippen LogP contribution is -2.48. The van der Waals surface area contributed by atoms with Gasteiger partial charge < -0.3 is 25.0 Å². The van der Waals surface area contributed by atoms with Crippen LogP contribution in [0.25, 0.3) is 0 Å². The summed E-state index contributed by atoms with van der Waals surface area (Å²) < 4.78 is 5.77. The monoisotopic (exact) mass is 433 g/mol. The van der Waals surface area contributed by atoms with E-state index < -0.39 is 6.09 Å². The number of piperazine rings is 1. The summed E-state index contributed by atoms with van der Waals surface area (Å²) in [5, 5.41) is 11.0. The molecule has 1 aliphatic heterocycles. The average Bonchev–Trinajstić information content (AvgIpc) is 2.83. The van der Waals surface area contributed by atoms with Gasteiger partial charge in [-0.05, 0) is 30.3 Å². The zero-order chi connectivity index (χ0) is 22.3. The summed E-state index contributed by atoms with van der Waals surface area (Å²) >= 11 is 0. The van der Waals surface area contributed by atoms with Crippen molar-refractivity contribution in [3.63, 3.8) is 0 Å². The zero-order valence-electron chi connectivity index (χ0n) is 17.3. The van der Waals surface area contributed by atoms with Gasteiger partial charge in [-0.15, -0.1) is 0 Å². The molecule has 1 fully saturated rings. The molecular weight excluding hydrogens is 410 g/mol. The van der Waals surface area contributed by atoms with E-state index in [1.54, 1.807) is 30.3 Å². The van der Waals surface area contributed by atoms with E-state index in [4.69, 9.17) is 9.84 Å². The lowest BCUT2D eigenvalue weighted by Gasteiger charge is -2.36. The van der Waals surface area contributed by atoms with Gasteiger partial charge in [0.25, 0.3) is 5.91 Å². The number of carboxylic acid groups (broad SMARTS) is 1. The Morgan fingerprint density at radius 2 is 1.75 bits per heavy atom. The predicted molar refractivity (Wildman–Crippen MR) is 118 cm³/mol. The van der Waals surface area contributed by atoms with Crippen molar-refractivity contribution in [3.05, 3.63) is 78.2 Å². The molecule has 1 aliphatic rings. The molecular formula is C23H23N5O4. The molecule has 2 amide bonds. The van der Waals surface area contributed by atoms with E-state index in [0.29, 0.717) is 30.1 Å². The number of carbonyl (C=O) groups excluding carboxylic acids is 1. The number of benzene rings is 2. The van der Waals surface area contributed by atoms with E-state index in [9.17, 15) is 9.59 Å². The number of ether oxygens (including phenoxy) is 1. The second-order valence-electron chi connectivity index (χ2n) is 7.25. The standard InChI is InChI=1S/C23H23N5O4/c29-22(28-11-9-27(10-12-28)19-6-2-1-3-7-19)17-5-4-8-20(13-17)32-21-14-18(25-16-26-21)15-24-23(30)31/h1-8,13-14,16,24H,9-12,15H2,(H,30,31). The fraction of sp³-hybridized carbons (Fsp3) is 0.217. The summed E-state index contributed by atoms with van der Waals surface area (Å²) in [4.78, 5) is 35.8. The van der Waals surface area contributed by atoms with Crippen LogP contribution in [-0.2, 0) is 6.54 Å². The molecule has 4 rings (SSSR count). The molecule has 0 aliphatic carbocycles. The lowest BCUT2D eigenvalue weighted by molar-refractivity contribution is 0.0746. The van der Waals surface area contributed by atoms with Crippen LogP contribution in [0.1, 0.15) is 16.1 Å². The van der Waals surface area contributed by atoms with Gasteiger partial charge in [-0.25, -0.2) is 14.8 Å². The molecule has 3 aromatic rings. The SMILES string of the molecule is O=C(O)NCc1cc(Oc2cccc(C(=O)N3CCN(c4ccccc4)CC3)c2)ncn1. The van der Waals surface area contributed by atoms with Crippen molar-refractivity contribution in [1.29, 1.82) is 0 Å². The van der Waals surface area contributed by atoms with Gasteiger partial charge in [0.05, 0.1) is 12.2 Å². The molecule has 164 valence electrons. The number of hydrogen-bond donors (Lipinski definition) is 2. The molecule has 9 nitrogen and oxygen atoms in total. The number of nitrogens with zero attached hydrogens (tertiary/aromatic N) is 4. The number of nitrogens with one attached hydrogen (secondary N) is 1. The van der Waals surface area contributed by atoms with Gasteiger partial charge in [0.15, 0.2) is 0 Å². The van der Waals surface area contributed by atoms with Crippen LogP contribution in [0.3, 0.4) is 0 Å². The fourth-order valence-electron chi connectivity index (χ4n) is 3.50. The van der Waals surface area contributed by atoms with Crippen molar-refractivity contribution in [3.8, 4) is 11.6 Å². The van der Waals surface area contributed by atoms with E-state index in [1.807, 2.05) is 23.1 Å². The molecule has 2 aromatic carbocycles. The Hall–Kier alpha value is -4.14. The van der Waals surface area contributed by atoms with Crippen LogP contribution in [0.5, 0.6) is 11.6 Å². The molecule has 32 heavy (non-hydrogen) atoms. The largest absolute Gasteiger partial charge is 0.465 e. The Morgan fingerprint density at radius 1 is 0.969 bits per heavy atom. The third-order valence-electron chi connectivity index (χ3n) is 5.11. The molecule has 0 bridgehead atoms. The van der Waals surface area contributed by atoms with Crippen molar-refractivity contribution in [2.24, 2.45) is 0 Å². The minimum absolute atomic E-state index is 0.0434. The average molecular weight is 433 g/mol. The van der Waals surface area contributed by atoms with E-state index in [2.05, 4.69) is 32.3 Å². The minimum Gasteiger partial charge on any atom is -0.465 e. The number of para-hydroxylation sites is 1. The Kier molecular flexibility index (Phi) is 6.45. The summed E-state index contributed by atoms with van der Waals surface area (Å²) in [6.07, 6.45) is 0.164. The highest BCUT2D eigenvalue weighted by Crippen LogP contribution is 2.22. The first kappa shape index (κ1) is 21.1. The van der Waals surface area contributed by atoms with Crippen LogP contribution in [0.4, 0.5) is 10.5 Å². The van der Waals surface area contributed by atoms with Crippen LogP contribution >= 0.6 is 0 Å². The molecule has 1 aromatic heterocycles. The molecule has 0 saturated carbocycles. The van der Waals surface area contributed by atoms with Crippen molar-refractivity contribution >= 4 is 17.7 Å². The molecule has 9 heteroatoms. The summed E-state index contributed by atoms with van der Waals surface area (Å²) in [5.41, 5.74) is 2.18. The quantitative estimate of drug-likeness (QED) is 0.615. The smallest absolute Gasteiger partial charge is 0.404 e.